The minimum Gasteiger partial charge on any atom is -0.375 e. The predicted octanol–water partition coefficient (Wildman–Crippen LogP) is 1.91. The summed E-state index contributed by atoms with van der Waals surface area (Å²) in [6, 6.07) is 4.06. The molecule has 0 radical (unpaired) electrons. The number of aromatic nitrogens is 2. The van der Waals surface area contributed by atoms with Crippen molar-refractivity contribution in [2.45, 2.75) is 12.8 Å². The Morgan fingerprint density at radius 1 is 1.21 bits per heavy atom. The Balaban J connectivity index is 1.95. The number of anilines is 1. The van der Waals surface area contributed by atoms with E-state index in [1.807, 2.05) is 30.7 Å². The van der Waals surface area contributed by atoms with Crippen LogP contribution in [0.15, 0.2) is 30.7 Å². The number of aryl methyl sites for hydroxylation is 2. The number of rotatable bonds is 3. The van der Waals surface area contributed by atoms with Crippen LogP contribution >= 0.6 is 11.3 Å². The number of thiazole rings is 1. The van der Waals surface area contributed by atoms with Crippen molar-refractivity contribution in [3.63, 3.8) is 0 Å². The van der Waals surface area contributed by atoms with Crippen molar-refractivity contribution >= 4 is 16.5 Å². The van der Waals surface area contributed by atoms with E-state index in [2.05, 4.69) is 9.97 Å². The summed E-state index contributed by atoms with van der Waals surface area (Å²) in [6.45, 7) is 0. The average molecular weight is 205 g/mol. The maximum absolute atomic E-state index is 5.54. The number of nitrogen functional groups attached to an aromatic ring is 1. The molecule has 0 saturated heterocycles. The Labute approximate surface area is 86.6 Å². The van der Waals surface area contributed by atoms with Gasteiger partial charge in [0.25, 0.3) is 0 Å². The topological polar surface area (TPSA) is 51.8 Å². The molecule has 0 aliphatic carbocycles. The second-order valence-corrected chi connectivity index (χ2v) is 4.17. The molecule has 0 amide bonds. The monoisotopic (exact) mass is 205 g/mol. The predicted molar refractivity (Wildman–Crippen MR) is 58.2 cm³/mol. The third-order valence-electron chi connectivity index (χ3n) is 1.98. The van der Waals surface area contributed by atoms with Gasteiger partial charge in [0.1, 0.15) is 0 Å². The quantitative estimate of drug-likeness (QED) is 0.832. The first-order valence-electron chi connectivity index (χ1n) is 4.43. The molecule has 0 spiro atoms. The van der Waals surface area contributed by atoms with Gasteiger partial charge in [-0.15, -0.1) is 11.3 Å². The molecule has 2 aromatic rings. The van der Waals surface area contributed by atoms with Gasteiger partial charge in [-0.2, -0.15) is 0 Å². The Kier molecular flexibility index (Phi) is 2.74. The van der Waals surface area contributed by atoms with Gasteiger partial charge in [-0.3, -0.25) is 4.98 Å². The number of nitrogens with zero attached hydrogens (tertiary/aromatic N) is 2. The molecule has 0 aliphatic heterocycles. The van der Waals surface area contributed by atoms with Crippen LogP contribution in [0.5, 0.6) is 0 Å². The first kappa shape index (κ1) is 9.15. The Morgan fingerprint density at radius 3 is 2.64 bits per heavy atom. The van der Waals surface area contributed by atoms with Gasteiger partial charge in [-0.25, -0.2) is 4.98 Å². The summed E-state index contributed by atoms with van der Waals surface area (Å²) in [5, 5.41) is 0.648. The van der Waals surface area contributed by atoms with Crippen LogP contribution in [0.2, 0.25) is 0 Å². The molecule has 2 rings (SSSR count). The van der Waals surface area contributed by atoms with Crippen molar-refractivity contribution in [2.75, 3.05) is 5.73 Å². The summed E-state index contributed by atoms with van der Waals surface area (Å²) in [6.07, 6.45) is 7.50. The van der Waals surface area contributed by atoms with E-state index in [4.69, 9.17) is 5.73 Å². The van der Waals surface area contributed by atoms with Gasteiger partial charge in [0.15, 0.2) is 5.13 Å². The first-order chi connectivity index (χ1) is 6.84. The van der Waals surface area contributed by atoms with Gasteiger partial charge < -0.3 is 5.73 Å². The fourth-order valence-electron chi connectivity index (χ4n) is 1.26. The molecule has 3 nitrogen and oxygen atoms in total. The molecule has 2 heterocycles. The highest BCUT2D eigenvalue weighted by molar-refractivity contribution is 7.15. The van der Waals surface area contributed by atoms with Gasteiger partial charge >= 0.3 is 0 Å². The largest absolute Gasteiger partial charge is 0.375 e. The van der Waals surface area contributed by atoms with Crippen LogP contribution in [0.25, 0.3) is 0 Å². The van der Waals surface area contributed by atoms with Crippen LogP contribution in [-0.4, -0.2) is 9.97 Å². The zero-order valence-electron chi connectivity index (χ0n) is 7.68. The lowest BCUT2D eigenvalue weighted by atomic mass is 10.1. The molecule has 0 atom stereocenters. The van der Waals surface area contributed by atoms with Crippen LogP contribution in [-0.2, 0) is 12.8 Å². The molecular formula is C10H11N3S. The number of hydrogen-bond acceptors (Lipinski definition) is 4. The highest BCUT2D eigenvalue weighted by atomic mass is 32.1. The van der Waals surface area contributed by atoms with Gasteiger partial charge in [0, 0.05) is 23.5 Å². The molecule has 4 heteroatoms. The number of pyridine rings is 1. The SMILES string of the molecule is Nc1ncc(CCc2ccncc2)s1. The van der Waals surface area contributed by atoms with Crippen molar-refractivity contribution in [1.82, 2.24) is 9.97 Å². The zero-order chi connectivity index (χ0) is 9.80. The van der Waals surface area contributed by atoms with E-state index >= 15 is 0 Å². The Hall–Kier alpha value is -1.42. The van der Waals surface area contributed by atoms with E-state index in [0.717, 1.165) is 12.8 Å². The van der Waals surface area contributed by atoms with Crippen LogP contribution in [0.4, 0.5) is 5.13 Å². The summed E-state index contributed by atoms with van der Waals surface area (Å²) >= 11 is 1.56. The van der Waals surface area contributed by atoms with Crippen LogP contribution in [0.3, 0.4) is 0 Å². The van der Waals surface area contributed by atoms with E-state index in [0.29, 0.717) is 5.13 Å². The summed E-state index contributed by atoms with van der Waals surface area (Å²) in [5.74, 6) is 0. The number of hydrogen-bond donors (Lipinski definition) is 1. The second kappa shape index (κ2) is 4.19. The normalized spacial score (nSPS) is 10.3. The summed E-state index contributed by atoms with van der Waals surface area (Å²) in [4.78, 5) is 9.22. The van der Waals surface area contributed by atoms with Gasteiger partial charge in [-0.1, -0.05) is 0 Å². The lowest BCUT2D eigenvalue weighted by molar-refractivity contribution is 0.971. The van der Waals surface area contributed by atoms with Crippen LogP contribution < -0.4 is 5.73 Å². The fraction of sp³-hybridized carbons (Fsp3) is 0.200. The molecule has 0 bridgehead atoms. The highest BCUT2D eigenvalue weighted by Gasteiger charge is 1.99. The maximum atomic E-state index is 5.54. The molecule has 14 heavy (non-hydrogen) atoms. The van der Waals surface area contributed by atoms with Crippen LogP contribution in [0, 0.1) is 0 Å². The highest BCUT2D eigenvalue weighted by Crippen LogP contribution is 2.16. The van der Waals surface area contributed by atoms with Crippen molar-refractivity contribution < 1.29 is 0 Å². The third kappa shape index (κ3) is 2.29. The first-order valence-corrected chi connectivity index (χ1v) is 5.25. The Morgan fingerprint density at radius 2 is 2.00 bits per heavy atom. The van der Waals surface area contributed by atoms with E-state index in [9.17, 15) is 0 Å². The fourth-order valence-corrected chi connectivity index (χ4v) is 1.94. The minimum atomic E-state index is 0.648. The van der Waals surface area contributed by atoms with Gasteiger partial charge in [0.2, 0.25) is 0 Å². The molecule has 0 saturated carbocycles. The van der Waals surface area contributed by atoms with Crippen LogP contribution in [0.1, 0.15) is 10.4 Å². The average Bonchev–Trinajstić information content (AvgIpc) is 2.63. The van der Waals surface area contributed by atoms with Gasteiger partial charge in [-0.05, 0) is 30.5 Å². The molecular weight excluding hydrogens is 194 g/mol. The van der Waals surface area contributed by atoms with E-state index < -0.39 is 0 Å². The Bertz CT molecular complexity index is 397. The minimum absolute atomic E-state index is 0.648. The standard InChI is InChI=1S/C10H11N3S/c11-10-13-7-9(14-10)2-1-8-3-5-12-6-4-8/h3-7H,1-2H2,(H2,11,13). The van der Waals surface area contributed by atoms with E-state index in [1.165, 1.54) is 10.4 Å². The third-order valence-corrected chi connectivity index (χ3v) is 2.87. The van der Waals surface area contributed by atoms with Crippen molar-refractivity contribution in [3.8, 4) is 0 Å². The molecule has 0 aromatic carbocycles. The lowest BCUT2D eigenvalue weighted by Crippen LogP contribution is -1.88. The van der Waals surface area contributed by atoms with Crippen molar-refractivity contribution in [1.29, 1.82) is 0 Å². The lowest BCUT2D eigenvalue weighted by Gasteiger charge is -1.97. The molecule has 72 valence electrons. The number of nitrogens with two attached hydrogens (primary N) is 1. The molecule has 0 aliphatic rings. The maximum Gasteiger partial charge on any atom is 0.180 e. The molecule has 2 N–H and O–H groups in total. The van der Waals surface area contributed by atoms with Crippen molar-refractivity contribution in [2.24, 2.45) is 0 Å². The second-order valence-electron chi connectivity index (χ2n) is 3.02. The molecule has 0 fully saturated rings. The molecule has 0 unspecified atom stereocenters. The molecule has 2 aromatic heterocycles. The zero-order valence-corrected chi connectivity index (χ0v) is 8.50. The van der Waals surface area contributed by atoms with E-state index in [1.54, 1.807) is 11.3 Å². The summed E-state index contributed by atoms with van der Waals surface area (Å²) in [7, 11) is 0. The van der Waals surface area contributed by atoms with Gasteiger partial charge in [0.05, 0.1) is 0 Å². The summed E-state index contributed by atoms with van der Waals surface area (Å²) in [5.41, 5.74) is 6.84. The van der Waals surface area contributed by atoms with Crippen molar-refractivity contribution in [3.05, 3.63) is 41.2 Å². The smallest absolute Gasteiger partial charge is 0.180 e. The van der Waals surface area contributed by atoms with E-state index in [-0.39, 0.29) is 0 Å². The summed E-state index contributed by atoms with van der Waals surface area (Å²) < 4.78 is 0.